The summed E-state index contributed by atoms with van der Waals surface area (Å²) < 4.78 is 0. The fourth-order valence-corrected chi connectivity index (χ4v) is 3.54. The zero-order chi connectivity index (χ0) is 14.9. The third kappa shape index (κ3) is 2.82. The fraction of sp³-hybridized carbons (Fsp3) is 0.867. The molecule has 2 amide bonds. The molecular weight excluding hydrogens is 254 g/mol. The maximum Gasteiger partial charge on any atom is 0.244 e. The van der Waals surface area contributed by atoms with E-state index in [4.69, 9.17) is 5.73 Å². The summed E-state index contributed by atoms with van der Waals surface area (Å²) in [5, 5.41) is 0. The SMILES string of the molecule is CC1C(N)CCCC1C(=O)N1CCCC1C(=O)N(C)C. The number of nitrogens with two attached hydrogens (primary N) is 1. The van der Waals surface area contributed by atoms with Crippen LogP contribution in [0.15, 0.2) is 0 Å². The van der Waals surface area contributed by atoms with E-state index in [1.54, 1.807) is 19.0 Å². The summed E-state index contributed by atoms with van der Waals surface area (Å²) in [6, 6.07) is -0.147. The van der Waals surface area contributed by atoms with Crippen molar-refractivity contribution in [3.63, 3.8) is 0 Å². The summed E-state index contributed by atoms with van der Waals surface area (Å²) in [6.07, 6.45) is 4.64. The molecule has 1 heterocycles. The zero-order valence-corrected chi connectivity index (χ0v) is 12.8. The van der Waals surface area contributed by atoms with Crippen LogP contribution < -0.4 is 5.73 Å². The Hall–Kier alpha value is -1.10. The van der Waals surface area contributed by atoms with E-state index in [9.17, 15) is 9.59 Å². The molecule has 0 bridgehead atoms. The molecule has 2 N–H and O–H groups in total. The van der Waals surface area contributed by atoms with Gasteiger partial charge < -0.3 is 15.5 Å². The second-order valence-electron chi connectivity index (χ2n) is 6.48. The van der Waals surface area contributed by atoms with E-state index in [2.05, 4.69) is 6.92 Å². The number of nitrogens with zero attached hydrogens (tertiary/aromatic N) is 2. The summed E-state index contributed by atoms with van der Waals surface area (Å²) >= 11 is 0. The van der Waals surface area contributed by atoms with Crippen molar-refractivity contribution in [1.29, 1.82) is 0 Å². The van der Waals surface area contributed by atoms with Crippen LogP contribution in [0.1, 0.15) is 39.0 Å². The minimum Gasteiger partial charge on any atom is -0.347 e. The molecule has 1 aliphatic carbocycles. The van der Waals surface area contributed by atoms with Gasteiger partial charge in [-0.3, -0.25) is 9.59 Å². The Morgan fingerprint density at radius 2 is 1.85 bits per heavy atom. The van der Waals surface area contributed by atoms with Crippen LogP contribution in [0.5, 0.6) is 0 Å². The molecule has 0 aromatic heterocycles. The first-order chi connectivity index (χ1) is 9.43. The number of carbonyl (C=O) groups excluding carboxylic acids is 2. The van der Waals surface area contributed by atoms with Gasteiger partial charge in [-0.25, -0.2) is 0 Å². The average molecular weight is 281 g/mol. The quantitative estimate of drug-likeness (QED) is 0.815. The number of carbonyl (C=O) groups is 2. The molecule has 2 fully saturated rings. The maximum atomic E-state index is 12.8. The van der Waals surface area contributed by atoms with Crippen molar-refractivity contribution in [1.82, 2.24) is 9.80 Å². The van der Waals surface area contributed by atoms with Crippen molar-refractivity contribution in [2.45, 2.75) is 51.1 Å². The molecule has 0 aromatic carbocycles. The Balaban J connectivity index is 2.09. The van der Waals surface area contributed by atoms with Gasteiger partial charge in [0.2, 0.25) is 11.8 Å². The van der Waals surface area contributed by atoms with Gasteiger partial charge in [-0.2, -0.15) is 0 Å². The minimum absolute atomic E-state index is 0.00527. The summed E-state index contributed by atoms with van der Waals surface area (Å²) in [5.74, 6) is 0.398. The predicted molar refractivity (Wildman–Crippen MR) is 77.9 cm³/mol. The molecule has 2 rings (SSSR count). The number of likely N-dealkylation sites (tertiary alicyclic amines) is 1. The van der Waals surface area contributed by atoms with Gasteiger partial charge in [0.15, 0.2) is 0 Å². The van der Waals surface area contributed by atoms with Gasteiger partial charge >= 0.3 is 0 Å². The van der Waals surface area contributed by atoms with Crippen molar-refractivity contribution < 1.29 is 9.59 Å². The lowest BCUT2D eigenvalue weighted by Gasteiger charge is -2.37. The van der Waals surface area contributed by atoms with Crippen LogP contribution in [-0.2, 0) is 9.59 Å². The van der Waals surface area contributed by atoms with Crippen molar-refractivity contribution in [2.24, 2.45) is 17.6 Å². The zero-order valence-electron chi connectivity index (χ0n) is 12.8. The van der Waals surface area contributed by atoms with Crippen molar-refractivity contribution >= 4 is 11.8 Å². The first-order valence-electron chi connectivity index (χ1n) is 7.70. The van der Waals surface area contributed by atoms with E-state index in [1.165, 1.54) is 0 Å². The average Bonchev–Trinajstić information content (AvgIpc) is 2.89. The number of hydrogen-bond acceptors (Lipinski definition) is 3. The van der Waals surface area contributed by atoms with E-state index in [0.717, 1.165) is 32.1 Å². The summed E-state index contributed by atoms with van der Waals surface area (Å²) in [4.78, 5) is 28.4. The highest BCUT2D eigenvalue weighted by Gasteiger charge is 2.41. The van der Waals surface area contributed by atoms with Crippen molar-refractivity contribution in [3.05, 3.63) is 0 Å². The molecule has 4 unspecified atom stereocenters. The monoisotopic (exact) mass is 281 g/mol. The smallest absolute Gasteiger partial charge is 0.244 e. The largest absolute Gasteiger partial charge is 0.347 e. The normalized spacial score (nSPS) is 34.1. The van der Waals surface area contributed by atoms with Crippen LogP contribution in [0.3, 0.4) is 0 Å². The molecule has 1 saturated carbocycles. The molecule has 5 heteroatoms. The Kier molecular flexibility index (Phi) is 4.68. The number of rotatable bonds is 2. The molecule has 4 atom stereocenters. The Bertz CT molecular complexity index is 383. The summed E-state index contributed by atoms with van der Waals surface area (Å²) in [5.41, 5.74) is 6.10. The second-order valence-corrected chi connectivity index (χ2v) is 6.48. The van der Waals surface area contributed by atoms with Gasteiger partial charge in [0.05, 0.1) is 0 Å². The molecule has 1 aliphatic heterocycles. The van der Waals surface area contributed by atoms with Crippen molar-refractivity contribution in [2.75, 3.05) is 20.6 Å². The maximum absolute atomic E-state index is 12.8. The van der Waals surface area contributed by atoms with Crippen LogP contribution in [-0.4, -0.2) is 54.3 Å². The van der Waals surface area contributed by atoms with Crippen molar-refractivity contribution in [3.8, 4) is 0 Å². The van der Waals surface area contributed by atoms with E-state index >= 15 is 0 Å². The Labute approximate surface area is 121 Å². The van der Waals surface area contributed by atoms with Gasteiger partial charge in [-0.1, -0.05) is 13.3 Å². The minimum atomic E-state index is -0.261. The lowest BCUT2D eigenvalue weighted by molar-refractivity contribution is -0.146. The number of hydrogen-bond donors (Lipinski definition) is 1. The molecule has 0 radical (unpaired) electrons. The van der Waals surface area contributed by atoms with Gasteiger partial charge in [-0.05, 0) is 31.6 Å². The number of amides is 2. The molecule has 20 heavy (non-hydrogen) atoms. The highest BCUT2D eigenvalue weighted by Crippen LogP contribution is 2.32. The number of likely N-dealkylation sites (N-methyl/N-ethyl adjacent to an activating group) is 1. The Morgan fingerprint density at radius 3 is 2.50 bits per heavy atom. The van der Waals surface area contributed by atoms with Gasteiger partial charge in [0.1, 0.15) is 6.04 Å². The molecular formula is C15H27N3O2. The van der Waals surface area contributed by atoms with Crippen LogP contribution in [0.4, 0.5) is 0 Å². The molecule has 5 nitrogen and oxygen atoms in total. The molecule has 1 saturated heterocycles. The summed E-state index contributed by atoms with van der Waals surface area (Å²) in [6.45, 7) is 2.78. The van der Waals surface area contributed by atoms with E-state index in [-0.39, 0.29) is 35.7 Å². The lowest BCUT2D eigenvalue weighted by Crippen LogP contribution is -2.51. The Morgan fingerprint density at radius 1 is 1.15 bits per heavy atom. The highest BCUT2D eigenvalue weighted by atomic mass is 16.2. The van der Waals surface area contributed by atoms with Crippen LogP contribution in [0, 0.1) is 11.8 Å². The highest BCUT2D eigenvalue weighted by molar-refractivity contribution is 5.89. The molecule has 0 aromatic rings. The van der Waals surface area contributed by atoms with E-state index < -0.39 is 0 Å². The second kappa shape index (κ2) is 6.12. The topological polar surface area (TPSA) is 66.6 Å². The van der Waals surface area contributed by atoms with Crippen LogP contribution >= 0.6 is 0 Å². The third-order valence-electron chi connectivity index (χ3n) is 4.94. The van der Waals surface area contributed by atoms with E-state index in [0.29, 0.717) is 6.54 Å². The van der Waals surface area contributed by atoms with Crippen LogP contribution in [0.25, 0.3) is 0 Å². The summed E-state index contributed by atoms with van der Waals surface area (Å²) in [7, 11) is 3.50. The molecule has 114 valence electrons. The molecule has 0 spiro atoms. The standard InChI is InChI=1S/C15H27N3O2/c1-10-11(6-4-7-12(10)16)14(19)18-9-5-8-13(18)15(20)17(2)3/h10-13H,4-9,16H2,1-3H3. The predicted octanol–water partition coefficient (Wildman–Crippen LogP) is 0.829. The lowest BCUT2D eigenvalue weighted by atomic mass is 9.76. The van der Waals surface area contributed by atoms with Gasteiger partial charge in [0, 0.05) is 32.6 Å². The van der Waals surface area contributed by atoms with Gasteiger partial charge in [-0.15, -0.1) is 0 Å². The van der Waals surface area contributed by atoms with Gasteiger partial charge in [0.25, 0.3) is 0 Å². The first kappa shape index (κ1) is 15.3. The fourth-order valence-electron chi connectivity index (χ4n) is 3.54. The third-order valence-corrected chi connectivity index (χ3v) is 4.94. The first-order valence-corrected chi connectivity index (χ1v) is 7.70. The van der Waals surface area contributed by atoms with Crippen LogP contribution in [0.2, 0.25) is 0 Å². The van der Waals surface area contributed by atoms with E-state index in [1.807, 2.05) is 4.90 Å². The molecule has 2 aliphatic rings.